The molecule has 0 unspecified atom stereocenters. The summed E-state index contributed by atoms with van der Waals surface area (Å²) in [5.41, 5.74) is 19.8. The monoisotopic (exact) mass is 910 g/mol. The number of carbonyl (C=O) groups is 2. The highest BCUT2D eigenvalue weighted by Gasteiger charge is 2.33. The van der Waals surface area contributed by atoms with Crippen molar-refractivity contribution >= 4 is 29.7 Å². The molecule has 0 saturated carbocycles. The molecule has 2 fully saturated rings. The average molecular weight is 910 g/mol. The van der Waals surface area contributed by atoms with Crippen LogP contribution in [0.25, 0.3) is 0 Å². The molecule has 5 heterocycles. The lowest BCUT2D eigenvalue weighted by molar-refractivity contribution is -0.137. The van der Waals surface area contributed by atoms with Gasteiger partial charge >= 0.3 is 0 Å². The molecule has 0 spiro atoms. The van der Waals surface area contributed by atoms with Crippen LogP contribution in [0.2, 0.25) is 0 Å². The van der Waals surface area contributed by atoms with Gasteiger partial charge in [-0.2, -0.15) is 15.0 Å². The van der Waals surface area contributed by atoms with Gasteiger partial charge in [-0.1, -0.05) is 50.5 Å². The molecule has 0 bridgehead atoms. The summed E-state index contributed by atoms with van der Waals surface area (Å²) >= 11 is 0. The highest BCUT2D eigenvalue weighted by molar-refractivity contribution is 5.81. The van der Waals surface area contributed by atoms with Crippen LogP contribution in [-0.4, -0.2) is 183 Å². The molecule has 2 saturated heterocycles. The lowest BCUT2D eigenvalue weighted by Crippen LogP contribution is -2.52. The highest BCUT2D eigenvalue weighted by Crippen LogP contribution is 2.26. The number of aliphatic hydroxyl groups excluding tert-OH is 1. The summed E-state index contributed by atoms with van der Waals surface area (Å²) in [6, 6.07) is -2.08. The number of unbranched alkanes of at least 4 members (excludes halogenated alkanes) is 1. The second kappa shape index (κ2) is 26.2. The molecule has 23 heteroatoms. The lowest BCUT2D eigenvalue weighted by Gasteiger charge is -2.38. The smallest absolute Gasteiger partial charge is 0.250 e. The van der Waals surface area contributed by atoms with E-state index in [4.69, 9.17) is 52.8 Å². The third kappa shape index (κ3) is 14.4. The Morgan fingerprint density at radius 3 is 1.82 bits per heavy atom. The van der Waals surface area contributed by atoms with Crippen molar-refractivity contribution < 1.29 is 28.9 Å². The van der Waals surface area contributed by atoms with Crippen LogP contribution in [0.1, 0.15) is 88.9 Å². The molecule has 3 aromatic rings. The number of nitrogens with one attached hydrogen (secondary N) is 1. The van der Waals surface area contributed by atoms with Crippen molar-refractivity contribution in [1.82, 2.24) is 54.7 Å². The van der Waals surface area contributed by atoms with Crippen LogP contribution in [0.4, 0.5) is 17.8 Å². The Morgan fingerprint density at radius 2 is 1.29 bits per heavy atom. The molecule has 0 aliphatic carbocycles. The van der Waals surface area contributed by atoms with Gasteiger partial charge in [0.25, 0.3) is 0 Å². The summed E-state index contributed by atoms with van der Waals surface area (Å²) in [5, 5.41) is 30.6. The minimum Gasteiger partial charge on any atom is -0.394 e. The summed E-state index contributed by atoms with van der Waals surface area (Å²) < 4.78 is 19.5. The average Bonchev–Trinajstić information content (AvgIpc) is 4.03. The van der Waals surface area contributed by atoms with Crippen molar-refractivity contribution in [1.29, 1.82) is 0 Å². The predicted molar refractivity (Wildman–Crippen MR) is 243 cm³/mol. The van der Waals surface area contributed by atoms with E-state index in [0.717, 1.165) is 19.3 Å². The number of nitrogens with two attached hydrogens (primary N) is 3. The summed E-state index contributed by atoms with van der Waals surface area (Å²) in [5.74, 6) is 3.74. The Hall–Kier alpha value is -5.09. The molecule has 65 heavy (non-hydrogen) atoms. The Bertz CT molecular complexity index is 1930. The van der Waals surface area contributed by atoms with Gasteiger partial charge in [-0.25, -0.2) is 9.36 Å². The second-order valence-corrected chi connectivity index (χ2v) is 16.7. The molecule has 23 nitrogen and oxygen atoms in total. The van der Waals surface area contributed by atoms with Gasteiger partial charge in [0.2, 0.25) is 29.7 Å². The van der Waals surface area contributed by atoms with E-state index in [-0.39, 0.29) is 42.3 Å². The number of aliphatic hydroxyl groups is 1. The quantitative estimate of drug-likeness (QED) is 0.0487. The number of hydrogen-bond acceptors (Lipinski definition) is 19. The second-order valence-electron chi connectivity index (χ2n) is 16.7. The first-order chi connectivity index (χ1) is 31.5. The first kappa shape index (κ1) is 50.9. The van der Waals surface area contributed by atoms with Crippen molar-refractivity contribution in [2.45, 2.75) is 77.5 Å². The number of hydrogen-bond donors (Lipinski definition) is 5. The van der Waals surface area contributed by atoms with Crippen molar-refractivity contribution in [3.8, 4) is 12.3 Å². The molecule has 5 rings (SSSR count). The number of terminal acetylenes is 1. The number of rotatable bonds is 27. The fraction of sp³-hybridized carbons (Fsp3) is 0.738. The standard InChI is InChI=1S/C42H71N17O6/c1-6-21-63-23-25-65-26-24-64-22-12-46-40-47-41(49-42(48-40)57-19-15-55(16-20-57)39(62)35(29-60)59-27-32(50-53-59)36(44)30(3)4)56-17-13-54(14-18-56)38(61)34(10-8-9-11-43)58-28-33(51-52-58)37(45)31(5)7-2/h1,27-28,30-31,34-37,60H,7-26,29,43-45H2,2-5H3,(H,46,47,48,49)/t31-,34+,35+,36+,37+/m1/s1. The number of ether oxygens (including phenoxy) is 3. The van der Waals surface area contributed by atoms with E-state index in [1.165, 1.54) is 4.68 Å². The number of carbonyl (C=O) groups excluding carboxylic acids is 2. The zero-order valence-electron chi connectivity index (χ0n) is 38.6. The molecule has 2 amide bonds. The third-order valence-corrected chi connectivity index (χ3v) is 11.8. The van der Waals surface area contributed by atoms with E-state index in [1.807, 2.05) is 34.7 Å². The molecule has 360 valence electrons. The molecule has 2 aliphatic heterocycles. The van der Waals surface area contributed by atoms with Gasteiger partial charge in [-0.15, -0.1) is 16.6 Å². The Kier molecular flexibility index (Phi) is 20.5. The fourth-order valence-electron chi connectivity index (χ4n) is 7.40. The van der Waals surface area contributed by atoms with Gasteiger partial charge in [0.15, 0.2) is 6.04 Å². The van der Waals surface area contributed by atoms with Gasteiger partial charge in [0.05, 0.1) is 75.5 Å². The molecule has 5 atom stereocenters. The Morgan fingerprint density at radius 1 is 0.769 bits per heavy atom. The van der Waals surface area contributed by atoms with Crippen LogP contribution in [0.5, 0.6) is 0 Å². The Labute approximate surface area is 382 Å². The third-order valence-electron chi connectivity index (χ3n) is 11.8. The summed E-state index contributed by atoms with van der Waals surface area (Å²) in [4.78, 5) is 50.0. The maximum absolute atomic E-state index is 14.2. The normalized spacial score (nSPS) is 16.9. The van der Waals surface area contributed by atoms with E-state index >= 15 is 0 Å². The van der Waals surface area contributed by atoms with Crippen molar-refractivity contribution in [3.05, 3.63) is 23.8 Å². The summed E-state index contributed by atoms with van der Waals surface area (Å²) in [6.45, 7) is 14.4. The maximum atomic E-state index is 14.2. The molecule has 0 aromatic carbocycles. The first-order valence-electron chi connectivity index (χ1n) is 22.9. The Balaban J connectivity index is 1.24. The highest BCUT2D eigenvalue weighted by atomic mass is 16.5. The van der Waals surface area contributed by atoms with Gasteiger partial charge in [0, 0.05) is 58.9 Å². The minimum absolute atomic E-state index is 0.0317. The van der Waals surface area contributed by atoms with Gasteiger partial charge in [-0.3, -0.25) is 9.59 Å². The topological polar surface area (TPSA) is 285 Å². The molecular formula is C42H71N17O6. The number of nitrogens with zero attached hydrogens (tertiary/aromatic N) is 13. The van der Waals surface area contributed by atoms with Gasteiger partial charge in [-0.05, 0) is 37.6 Å². The van der Waals surface area contributed by atoms with E-state index in [2.05, 4.69) is 45.7 Å². The van der Waals surface area contributed by atoms with Crippen LogP contribution in [0.3, 0.4) is 0 Å². The van der Waals surface area contributed by atoms with Crippen LogP contribution >= 0.6 is 0 Å². The number of amides is 2. The van der Waals surface area contributed by atoms with Crippen molar-refractivity contribution in [3.63, 3.8) is 0 Å². The van der Waals surface area contributed by atoms with Crippen LogP contribution in [0, 0.1) is 24.2 Å². The first-order valence-corrected chi connectivity index (χ1v) is 22.9. The number of piperazine rings is 2. The van der Waals surface area contributed by atoms with Crippen LogP contribution < -0.4 is 32.3 Å². The lowest BCUT2D eigenvalue weighted by atomic mass is 9.98. The van der Waals surface area contributed by atoms with Crippen molar-refractivity contribution in [2.24, 2.45) is 29.0 Å². The van der Waals surface area contributed by atoms with Crippen molar-refractivity contribution in [2.75, 3.05) is 127 Å². The summed E-state index contributed by atoms with van der Waals surface area (Å²) in [7, 11) is 0. The van der Waals surface area contributed by atoms with Gasteiger partial charge in [0.1, 0.15) is 12.6 Å². The largest absolute Gasteiger partial charge is 0.394 e. The number of aromatic nitrogens is 9. The van der Waals surface area contributed by atoms with E-state index < -0.39 is 18.7 Å². The van der Waals surface area contributed by atoms with E-state index in [1.54, 1.807) is 15.8 Å². The minimum atomic E-state index is -0.934. The van der Waals surface area contributed by atoms with Crippen LogP contribution in [0.15, 0.2) is 12.4 Å². The SMILES string of the molecule is C#CCOCCOCCOCCNc1nc(N2CCN(C(=O)[C@H](CO)n3cc([C@@H](N)C(C)C)nn3)CC2)nc(N2CCN(C(=O)[C@H](CCCCN)n3cc([C@@H](N)[C@H](C)CC)nn3)CC2)n1. The maximum Gasteiger partial charge on any atom is 0.250 e. The van der Waals surface area contributed by atoms with Gasteiger partial charge < -0.3 is 61.4 Å². The molecule has 0 radical (unpaired) electrons. The summed E-state index contributed by atoms with van der Waals surface area (Å²) in [6.07, 6.45) is 11.7. The molecular weight excluding hydrogens is 839 g/mol. The molecule has 3 aromatic heterocycles. The zero-order valence-corrected chi connectivity index (χ0v) is 38.6. The van der Waals surface area contributed by atoms with E-state index in [0.29, 0.717) is 134 Å². The van der Waals surface area contributed by atoms with E-state index in [9.17, 15) is 14.7 Å². The predicted octanol–water partition coefficient (Wildman–Crippen LogP) is -0.248. The zero-order chi connectivity index (χ0) is 46.7. The number of anilines is 3. The van der Waals surface area contributed by atoms with Crippen LogP contribution in [-0.2, 0) is 23.8 Å². The molecule has 2 aliphatic rings. The molecule has 8 N–H and O–H groups in total. The fourth-order valence-corrected chi connectivity index (χ4v) is 7.40.